The molecule has 0 aliphatic carbocycles. The van der Waals surface area contributed by atoms with E-state index in [0.717, 1.165) is 5.56 Å². The van der Waals surface area contributed by atoms with Crippen molar-refractivity contribution in [3.63, 3.8) is 0 Å². The molecular formula is C12H14N4O2. The van der Waals surface area contributed by atoms with Crippen LogP contribution in [0.3, 0.4) is 0 Å². The van der Waals surface area contributed by atoms with Gasteiger partial charge in [0.25, 0.3) is 5.69 Å². The Bertz CT molecular complexity index is 537. The Morgan fingerprint density at radius 3 is 3.00 bits per heavy atom. The molecule has 6 heteroatoms. The first kappa shape index (κ1) is 12.1. The monoisotopic (exact) mass is 246 g/mol. The van der Waals surface area contributed by atoms with Gasteiger partial charge in [-0.1, -0.05) is 6.07 Å². The Balaban J connectivity index is 2.02. The summed E-state index contributed by atoms with van der Waals surface area (Å²) >= 11 is 0. The summed E-state index contributed by atoms with van der Waals surface area (Å²) in [5.41, 5.74) is 1.52. The van der Waals surface area contributed by atoms with E-state index in [1.54, 1.807) is 23.0 Å². The Hall–Kier alpha value is -2.37. The van der Waals surface area contributed by atoms with E-state index in [4.69, 9.17) is 0 Å². The number of aryl methyl sites for hydroxylation is 1. The summed E-state index contributed by atoms with van der Waals surface area (Å²) in [7, 11) is 0. The minimum Gasteiger partial charge on any atom is -0.378 e. The van der Waals surface area contributed by atoms with Crippen LogP contribution < -0.4 is 5.32 Å². The van der Waals surface area contributed by atoms with E-state index in [2.05, 4.69) is 10.4 Å². The zero-order valence-corrected chi connectivity index (χ0v) is 10.0. The van der Waals surface area contributed by atoms with Gasteiger partial charge in [-0.3, -0.25) is 14.8 Å². The number of nitrogens with zero attached hydrogens (tertiary/aromatic N) is 3. The molecule has 0 amide bonds. The van der Waals surface area contributed by atoms with Gasteiger partial charge < -0.3 is 5.32 Å². The zero-order chi connectivity index (χ0) is 13.0. The molecule has 2 rings (SSSR count). The van der Waals surface area contributed by atoms with Crippen LogP contribution in [0.4, 0.5) is 11.4 Å². The van der Waals surface area contributed by atoms with Gasteiger partial charge in [0.1, 0.15) is 5.69 Å². The Kier molecular flexibility index (Phi) is 3.57. The molecule has 2 aromatic rings. The average Bonchev–Trinajstić information content (AvgIpc) is 2.84. The second-order valence-corrected chi connectivity index (χ2v) is 3.97. The highest BCUT2D eigenvalue weighted by atomic mass is 16.6. The lowest BCUT2D eigenvalue weighted by molar-refractivity contribution is -0.384. The molecule has 1 aromatic carbocycles. The number of benzene rings is 1. The van der Waals surface area contributed by atoms with Crippen LogP contribution in [0, 0.1) is 17.0 Å². The topological polar surface area (TPSA) is 73.0 Å². The van der Waals surface area contributed by atoms with Gasteiger partial charge >= 0.3 is 0 Å². The van der Waals surface area contributed by atoms with Crippen LogP contribution in [-0.4, -0.2) is 21.2 Å². The Morgan fingerprint density at radius 2 is 2.33 bits per heavy atom. The third-order valence-corrected chi connectivity index (χ3v) is 2.57. The summed E-state index contributed by atoms with van der Waals surface area (Å²) in [6.07, 6.45) is 3.56. The largest absolute Gasteiger partial charge is 0.378 e. The molecule has 0 aliphatic heterocycles. The van der Waals surface area contributed by atoms with Gasteiger partial charge in [0.2, 0.25) is 0 Å². The number of rotatable bonds is 5. The van der Waals surface area contributed by atoms with Crippen molar-refractivity contribution < 1.29 is 4.92 Å². The van der Waals surface area contributed by atoms with E-state index < -0.39 is 0 Å². The van der Waals surface area contributed by atoms with Gasteiger partial charge in [0.15, 0.2) is 0 Å². The number of anilines is 1. The van der Waals surface area contributed by atoms with Crippen LogP contribution in [-0.2, 0) is 6.54 Å². The summed E-state index contributed by atoms with van der Waals surface area (Å²) in [5.74, 6) is 0. The molecular weight excluding hydrogens is 232 g/mol. The quantitative estimate of drug-likeness (QED) is 0.648. The highest BCUT2D eigenvalue weighted by molar-refractivity contribution is 5.62. The van der Waals surface area contributed by atoms with Crippen molar-refractivity contribution in [3.8, 4) is 0 Å². The number of hydrogen-bond donors (Lipinski definition) is 1. The lowest BCUT2D eigenvalue weighted by Crippen LogP contribution is -2.11. The fourth-order valence-electron chi connectivity index (χ4n) is 1.68. The van der Waals surface area contributed by atoms with E-state index in [1.165, 1.54) is 0 Å². The summed E-state index contributed by atoms with van der Waals surface area (Å²) in [6, 6.07) is 6.99. The van der Waals surface area contributed by atoms with Crippen LogP contribution in [0.25, 0.3) is 0 Å². The van der Waals surface area contributed by atoms with E-state index in [-0.39, 0.29) is 10.6 Å². The molecule has 6 nitrogen and oxygen atoms in total. The van der Waals surface area contributed by atoms with Crippen LogP contribution in [0.2, 0.25) is 0 Å². The molecule has 0 unspecified atom stereocenters. The van der Waals surface area contributed by atoms with Gasteiger partial charge in [-0.05, 0) is 24.6 Å². The number of nitro groups is 1. The molecule has 0 radical (unpaired) electrons. The van der Waals surface area contributed by atoms with Crippen molar-refractivity contribution in [2.45, 2.75) is 13.5 Å². The summed E-state index contributed by atoms with van der Waals surface area (Å²) in [4.78, 5) is 10.5. The lowest BCUT2D eigenvalue weighted by atomic mass is 10.2. The fraction of sp³-hybridized carbons (Fsp3) is 0.250. The normalized spacial score (nSPS) is 10.3. The summed E-state index contributed by atoms with van der Waals surface area (Å²) < 4.78 is 1.77. The van der Waals surface area contributed by atoms with E-state index in [1.807, 2.05) is 25.3 Å². The average molecular weight is 246 g/mol. The number of nitro benzene ring substituents is 1. The standard InChI is InChI=1S/C12H14N4O2/c1-10-3-4-11(12(9-10)16(17)18)13-6-8-15-7-2-5-14-15/h2-5,7,9,13H,6,8H2,1H3. The third-order valence-electron chi connectivity index (χ3n) is 2.57. The van der Waals surface area contributed by atoms with E-state index in [0.29, 0.717) is 18.8 Å². The van der Waals surface area contributed by atoms with Gasteiger partial charge in [-0.15, -0.1) is 0 Å². The molecule has 0 atom stereocenters. The van der Waals surface area contributed by atoms with Crippen LogP contribution >= 0.6 is 0 Å². The van der Waals surface area contributed by atoms with Gasteiger partial charge in [0.05, 0.1) is 11.5 Å². The highest BCUT2D eigenvalue weighted by Gasteiger charge is 2.12. The molecule has 0 bridgehead atoms. The summed E-state index contributed by atoms with van der Waals surface area (Å²) in [5, 5.41) is 18.0. The van der Waals surface area contributed by atoms with Crippen molar-refractivity contribution >= 4 is 11.4 Å². The third kappa shape index (κ3) is 2.85. The minimum absolute atomic E-state index is 0.107. The number of nitrogens with one attached hydrogen (secondary N) is 1. The van der Waals surface area contributed by atoms with Crippen LogP contribution in [0.15, 0.2) is 36.7 Å². The molecule has 18 heavy (non-hydrogen) atoms. The van der Waals surface area contributed by atoms with Crippen molar-refractivity contribution in [1.29, 1.82) is 0 Å². The molecule has 94 valence electrons. The van der Waals surface area contributed by atoms with E-state index >= 15 is 0 Å². The summed E-state index contributed by atoms with van der Waals surface area (Å²) in [6.45, 7) is 3.09. The van der Waals surface area contributed by atoms with Gasteiger partial charge in [-0.25, -0.2) is 0 Å². The molecule has 0 saturated heterocycles. The maximum atomic E-state index is 10.9. The second-order valence-electron chi connectivity index (χ2n) is 3.97. The van der Waals surface area contributed by atoms with Crippen molar-refractivity contribution in [2.75, 3.05) is 11.9 Å². The molecule has 0 spiro atoms. The Labute approximate surface area is 104 Å². The molecule has 1 N–H and O–H groups in total. The second kappa shape index (κ2) is 5.31. The van der Waals surface area contributed by atoms with Crippen LogP contribution in [0.1, 0.15) is 5.56 Å². The first-order valence-corrected chi connectivity index (χ1v) is 5.63. The molecule has 0 saturated carbocycles. The SMILES string of the molecule is Cc1ccc(NCCn2cccn2)c([N+](=O)[O-])c1. The van der Waals surface area contributed by atoms with Crippen LogP contribution in [0.5, 0.6) is 0 Å². The molecule has 0 fully saturated rings. The zero-order valence-electron chi connectivity index (χ0n) is 10.0. The van der Waals surface area contributed by atoms with Gasteiger partial charge in [-0.2, -0.15) is 5.10 Å². The van der Waals surface area contributed by atoms with E-state index in [9.17, 15) is 10.1 Å². The van der Waals surface area contributed by atoms with Crippen molar-refractivity contribution in [2.24, 2.45) is 0 Å². The number of hydrogen-bond acceptors (Lipinski definition) is 4. The predicted octanol–water partition coefficient (Wildman–Crippen LogP) is 2.21. The predicted molar refractivity (Wildman–Crippen MR) is 68.6 cm³/mol. The highest BCUT2D eigenvalue weighted by Crippen LogP contribution is 2.24. The molecule has 0 aliphatic rings. The maximum absolute atomic E-state index is 10.9. The Morgan fingerprint density at radius 1 is 1.50 bits per heavy atom. The lowest BCUT2D eigenvalue weighted by Gasteiger charge is -2.07. The fourth-order valence-corrected chi connectivity index (χ4v) is 1.68. The maximum Gasteiger partial charge on any atom is 0.292 e. The smallest absolute Gasteiger partial charge is 0.292 e. The van der Waals surface area contributed by atoms with Crippen molar-refractivity contribution in [1.82, 2.24) is 9.78 Å². The van der Waals surface area contributed by atoms with Crippen molar-refractivity contribution in [3.05, 3.63) is 52.3 Å². The molecule has 1 heterocycles. The minimum atomic E-state index is -0.372. The molecule has 1 aromatic heterocycles. The van der Waals surface area contributed by atoms with Gasteiger partial charge in [0, 0.05) is 25.0 Å². The first-order chi connectivity index (χ1) is 8.66. The first-order valence-electron chi connectivity index (χ1n) is 5.63. The number of aromatic nitrogens is 2.